The summed E-state index contributed by atoms with van der Waals surface area (Å²) in [5.41, 5.74) is 8.46. The zero-order chi connectivity index (χ0) is 18.9. The van der Waals surface area contributed by atoms with Gasteiger partial charge in [0.15, 0.2) is 0 Å². The molecule has 1 heterocycles. The molecule has 6 nitrogen and oxygen atoms in total. The predicted molar refractivity (Wildman–Crippen MR) is 101 cm³/mol. The van der Waals surface area contributed by atoms with Gasteiger partial charge in [-0.3, -0.25) is 4.79 Å². The Bertz CT molecular complexity index is 916. The number of aryl methyl sites for hydroxylation is 2. The van der Waals surface area contributed by atoms with Crippen LogP contribution in [0.4, 0.5) is 5.69 Å². The lowest BCUT2D eigenvalue weighted by atomic mass is 10.1. The van der Waals surface area contributed by atoms with Crippen molar-refractivity contribution in [3.63, 3.8) is 0 Å². The van der Waals surface area contributed by atoms with E-state index in [0.717, 1.165) is 11.1 Å². The van der Waals surface area contributed by atoms with Crippen molar-refractivity contribution in [3.05, 3.63) is 59.2 Å². The van der Waals surface area contributed by atoms with Crippen molar-refractivity contribution in [2.45, 2.75) is 18.7 Å². The molecule has 0 saturated carbocycles. The lowest BCUT2D eigenvalue weighted by Gasteiger charge is -2.34. The summed E-state index contributed by atoms with van der Waals surface area (Å²) in [5, 5.41) is 0. The van der Waals surface area contributed by atoms with Crippen molar-refractivity contribution >= 4 is 21.6 Å². The number of piperazine rings is 1. The SMILES string of the molecule is Cc1ccc(C)c(S(=O)(=O)N2CCN(C(=O)c3ccc(N)cc3)CC2)c1. The average Bonchev–Trinajstić information content (AvgIpc) is 2.64. The zero-order valence-electron chi connectivity index (χ0n) is 15.0. The van der Waals surface area contributed by atoms with Crippen LogP contribution in [0.15, 0.2) is 47.4 Å². The number of hydrogen-bond acceptors (Lipinski definition) is 4. The van der Waals surface area contributed by atoms with Crippen LogP contribution in [0.1, 0.15) is 21.5 Å². The smallest absolute Gasteiger partial charge is 0.253 e. The maximum absolute atomic E-state index is 13.0. The van der Waals surface area contributed by atoms with E-state index in [1.807, 2.05) is 19.1 Å². The summed E-state index contributed by atoms with van der Waals surface area (Å²) in [7, 11) is -3.56. The van der Waals surface area contributed by atoms with Crippen LogP contribution in [0, 0.1) is 13.8 Å². The second-order valence-corrected chi connectivity index (χ2v) is 8.49. The van der Waals surface area contributed by atoms with E-state index < -0.39 is 10.0 Å². The van der Waals surface area contributed by atoms with Crippen molar-refractivity contribution in [1.82, 2.24) is 9.21 Å². The van der Waals surface area contributed by atoms with Gasteiger partial charge in [0.05, 0.1) is 4.90 Å². The summed E-state index contributed by atoms with van der Waals surface area (Å²) in [4.78, 5) is 14.6. The van der Waals surface area contributed by atoms with Crippen molar-refractivity contribution < 1.29 is 13.2 Å². The third-order valence-electron chi connectivity index (χ3n) is 4.64. The number of nitrogen functional groups attached to an aromatic ring is 1. The average molecular weight is 373 g/mol. The Kier molecular flexibility index (Phi) is 5.02. The van der Waals surface area contributed by atoms with Gasteiger partial charge in [0.25, 0.3) is 5.91 Å². The Morgan fingerprint density at radius 2 is 1.58 bits per heavy atom. The first-order valence-electron chi connectivity index (χ1n) is 8.51. The molecule has 0 aliphatic carbocycles. The van der Waals surface area contributed by atoms with E-state index in [9.17, 15) is 13.2 Å². The van der Waals surface area contributed by atoms with Gasteiger partial charge >= 0.3 is 0 Å². The van der Waals surface area contributed by atoms with Crippen LogP contribution < -0.4 is 5.73 Å². The topological polar surface area (TPSA) is 83.7 Å². The largest absolute Gasteiger partial charge is 0.399 e. The van der Waals surface area contributed by atoms with Gasteiger partial charge in [-0.2, -0.15) is 4.31 Å². The fraction of sp³-hybridized carbons (Fsp3) is 0.316. The van der Waals surface area contributed by atoms with Crippen LogP contribution >= 0.6 is 0 Å². The molecule has 138 valence electrons. The lowest BCUT2D eigenvalue weighted by Crippen LogP contribution is -2.50. The molecule has 1 fully saturated rings. The summed E-state index contributed by atoms with van der Waals surface area (Å²) in [6, 6.07) is 12.2. The Morgan fingerprint density at radius 1 is 0.962 bits per heavy atom. The third kappa shape index (κ3) is 3.59. The van der Waals surface area contributed by atoms with E-state index >= 15 is 0 Å². The molecule has 1 amide bonds. The van der Waals surface area contributed by atoms with E-state index in [-0.39, 0.29) is 19.0 Å². The maximum Gasteiger partial charge on any atom is 0.253 e. The number of nitrogens with zero attached hydrogens (tertiary/aromatic N) is 2. The lowest BCUT2D eigenvalue weighted by molar-refractivity contribution is 0.0698. The Morgan fingerprint density at radius 3 is 2.19 bits per heavy atom. The number of nitrogens with two attached hydrogens (primary N) is 1. The molecular formula is C19H23N3O3S. The van der Waals surface area contributed by atoms with Gasteiger partial charge in [0.2, 0.25) is 10.0 Å². The highest BCUT2D eigenvalue weighted by molar-refractivity contribution is 7.89. The molecule has 2 N–H and O–H groups in total. The monoisotopic (exact) mass is 373 g/mol. The summed E-state index contributed by atoms with van der Waals surface area (Å²) in [6.07, 6.45) is 0. The molecule has 3 rings (SSSR count). The van der Waals surface area contributed by atoms with Gasteiger partial charge < -0.3 is 10.6 Å². The van der Waals surface area contributed by atoms with Crippen molar-refractivity contribution in [2.75, 3.05) is 31.9 Å². The van der Waals surface area contributed by atoms with Crippen molar-refractivity contribution in [1.29, 1.82) is 0 Å². The Labute approximate surface area is 154 Å². The first-order valence-corrected chi connectivity index (χ1v) is 9.95. The van der Waals surface area contributed by atoms with Gasteiger partial charge in [0.1, 0.15) is 0 Å². The van der Waals surface area contributed by atoms with E-state index in [0.29, 0.717) is 29.2 Å². The van der Waals surface area contributed by atoms with Crippen LogP contribution in [0.3, 0.4) is 0 Å². The van der Waals surface area contributed by atoms with E-state index in [1.165, 1.54) is 4.31 Å². The summed E-state index contributed by atoms with van der Waals surface area (Å²) in [5.74, 6) is -0.103. The Hall–Kier alpha value is -2.38. The van der Waals surface area contributed by atoms with E-state index in [2.05, 4.69) is 0 Å². The molecule has 0 unspecified atom stereocenters. The van der Waals surface area contributed by atoms with Gasteiger partial charge in [-0.25, -0.2) is 8.42 Å². The van der Waals surface area contributed by atoms with Crippen LogP contribution in [-0.4, -0.2) is 49.7 Å². The molecule has 7 heteroatoms. The molecule has 0 atom stereocenters. The molecule has 0 spiro atoms. The minimum absolute atomic E-state index is 0.103. The van der Waals surface area contributed by atoms with E-state index in [1.54, 1.807) is 42.2 Å². The Balaban J connectivity index is 1.72. The quantitative estimate of drug-likeness (QED) is 0.835. The number of rotatable bonds is 3. The number of carbonyl (C=O) groups excluding carboxylic acids is 1. The van der Waals surface area contributed by atoms with Gasteiger partial charge in [-0.05, 0) is 55.3 Å². The third-order valence-corrected chi connectivity index (χ3v) is 6.69. The maximum atomic E-state index is 13.0. The molecule has 1 aliphatic heterocycles. The molecule has 0 bridgehead atoms. The number of carbonyl (C=O) groups is 1. The molecule has 0 aromatic heterocycles. The number of amides is 1. The molecular weight excluding hydrogens is 350 g/mol. The minimum Gasteiger partial charge on any atom is -0.399 e. The molecule has 2 aromatic rings. The highest BCUT2D eigenvalue weighted by atomic mass is 32.2. The van der Waals surface area contributed by atoms with Crippen molar-refractivity contribution in [3.8, 4) is 0 Å². The van der Waals surface area contributed by atoms with Crippen LogP contribution in [0.2, 0.25) is 0 Å². The molecule has 2 aromatic carbocycles. The summed E-state index contributed by atoms with van der Waals surface area (Å²) >= 11 is 0. The first-order chi connectivity index (χ1) is 12.3. The second kappa shape index (κ2) is 7.09. The second-order valence-electron chi connectivity index (χ2n) is 6.59. The number of benzene rings is 2. The highest BCUT2D eigenvalue weighted by Crippen LogP contribution is 2.23. The van der Waals surface area contributed by atoms with Crippen LogP contribution in [0.25, 0.3) is 0 Å². The van der Waals surface area contributed by atoms with Gasteiger partial charge in [0, 0.05) is 37.4 Å². The van der Waals surface area contributed by atoms with E-state index in [4.69, 9.17) is 5.73 Å². The zero-order valence-corrected chi connectivity index (χ0v) is 15.8. The van der Waals surface area contributed by atoms with Crippen molar-refractivity contribution in [2.24, 2.45) is 0 Å². The number of hydrogen-bond donors (Lipinski definition) is 1. The number of anilines is 1. The minimum atomic E-state index is -3.56. The standard InChI is InChI=1S/C19H23N3O3S/c1-14-3-4-15(2)18(13-14)26(24,25)22-11-9-21(10-12-22)19(23)16-5-7-17(20)8-6-16/h3-8,13H,9-12,20H2,1-2H3. The van der Waals surface area contributed by atoms with Gasteiger partial charge in [-0.1, -0.05) is 12.1 Å². The van der Waals surface area contributed by atoms with Gasteiger partial charge in [-0.15, -0.1) is 0 Å². The van der Waals surface area contributed by atoms with Crippen LogP contribution in [0.5, 0.6) is 0 Å². The van der Waals surface area contributed by atoms with Crippen LogP contribution in [-0.2, 0) is 10.0 Å². The fourth-order valence-electron chi connectivity index (χ4n) is 3.06. The highest BCUT2D eigenvalue weighted by Gasteiger charge is 2.31. The molecule has 0 radical (unpaired) electrons. The normalized spacial score (nSPS) is 15.8. The fourth-order valence-corrected chi connectivity index (χ4v) is 4.80. The summed E-state index contributed by atoms with van der Waals surface area (Å²) < 4.78 is 27.4. The number of sulfonamides is 1. The summed E-state index contributed by atoms with van der Waals surface area (Å²) in [6.45, 7) is 4.99. The predicted octanol–water partition coefficient (Wildman–Crippen LogP) is 2.03. The first kappa shape index (κ1) is 18.4. The molecule has 26 heavy (non-hydrogen) atoms. The molecule has 1 saturated heterocycles. The molecule has 1 aliphatic rings.